The molecule has 0 amide bonds. The molecule has 0 atom stereocenters. The molecule has 0 saturated carbocycles. The Balaban J connectivity index is 2.37. The number of hydrogen-bond acceptors (Lipinski definition) is 2. The van der Waals surface area contributed by atoms with Gasteiger partial charge in [-0.1, -0.05) is 6.08 Å². The molecule has 0 aromatic heterocycles. The maximum Gasteiger partial charge on any atom is 0.335 e. The van der Waals surface area contributed by atoms with E-state index in [-0.39, 0.29) is 5.57 Å². The van der Waals surface area contributed by atoms with Crippen molar-refractivity contribution in [1.82, 2.24) is 4.90 Å². The van der Waals surface area contributed by atoms with Gasteiger partial charge in [-0.2, -0.15) is 0 Å². The minimum absolute atomic E-state index is 0.286. The second-order valence-electron chi connectivity index (χ2n) is 2.94. The molecular weight excluding hydrogens is 178 g/mol. The average molecular weight is 187 g/mol. The van der Waals surface area contributed by atoms with Gasteiger partial charge in [-0.05, 0) is 30.4 Å². The van der Waals surface area contributed by atoms with E-state index in [2.05, 4.69) is 0 Å². The highest BCUT2D eigenvalue weighted by Gasteiger charge is 2.08. The zero-order chi connectivity index (χ0) is 9.97. The van der Waals surface area contributed by atoms with Gasteiger partial charge < -0.3 is 10.0 Å². The number of aliphatic carboxylic acids is 1. The van der Waals surface area contributed by atoms with Gasteiger partial charge in [0.05, 0.1) is 5.57 Å². The summed E-state index contributed by atoms with van der Waals surface area (Å²) in [6.45, 7) is 0. The number of nitrogens with zero attached hydrogens (tertiary/aromatic N) is 1. The van der Waals surface area contributed by atoms with Crippen LogP contribution in [0.15, 0.2) is 60.1 Å². The monoisotopic (exact) mass is 187 g/mol. The van der Waals surface area contributed by atoms with Crippen molar-refractivity contribution < 1.29 is 9.90 Å². The van der Waals surface area contributed by atoms with Gasteiger partial charge in [0.2, 0.25) is 0 Å². The molecule has 0 aromatic rings. The number of carbonyl (C=O) groups is 1. The summed E-state index contributed by atoms with van der Waals surface area (Å²) in [7, 11) is 0. The molecule has 1 N–H and O–H groups in total. The first-order chi connectivity index (χ1) is 6.77. The first-order valence-electron chi connectivity index (χ1n) is 4.24. The molecule has 3 nitrogen and oxygen atoms in total. The van der Waals surface area contributed by atoms with Crippen molar-refractivity contribution in [1.29, 1.82) is 0 Å². The summed E-state index contributed by atoms with van der Waals surface area (Å²) in [6.07, 6.45) is 14.3. The smallest absolute Gasteiger partial charge is 0.335 e. The van der Waals surface area contributed by atoms with Crippen molar-refractivity contribution in [3.8, 4) is 0 Å². The second kappa shape index (κ2) is 3.38. The standard InChI is InChI=1S/C11H9NO2/c13-11(14)9-4-5-10-3-1-2-7-12(10)8-6-9/h1-8H,(H,13,14). The number of hydrogen-bond donors (Lipinski definition) is 1. The lowest BCUT2D eigenvalue weighted by Gasteiger charge is -2.17. The molecule has 2 aliphatic heterocycles. The minimum atomic E-state index is -0.911. The van der Waals surface area contributed by atoms with Gasteiger partial charge in [0.1, 0.15) is 0 Å². The van der Waals surface area contributed by atoms with Crippen LogP contribution in [0.1, 0.15) is 0 Å². The molecule has 0 saturated heterocycles. The Labute approximate surface area is 81.6 Å². The van der Waals surface area contributed by atoms with Crippen molar-refractivity contribution >= 4 is 5.97 Å². The van der Waals surface area contributed by atoms with Crippen LogP contribution in [0.4, 0.5) is 0 Å². The Morgan fingerprint density at radius 2 is 2.00 bits per heavy atom. The predicted octanol–water partition coefficient (Wildman–Crippen LogP) is 1.79. The van der Waals surface area contributed by atoms with Crippen molar-refractivity contribution in [2.24, 2.45) is 0 Å². The zero-order valence-electron chi connectivity index (χ0n) is 7.42. The Kier molecular flexibility index (Phi) is 2.07. The summed E-state index contributed by atoms with van der Waals surface area (Å²) in [5.74, 6) is -0.911. The second-order valence-corrected chi connectivity index (χ2v) is 2.94. The number of allylic oxidation sites excluding steroid dienone is 5. The molecule has 0 radical (unpaired) electrons. The molecule has 0 spiro atoms. The predicted molar refractivity (Wildman–Crippen MR) is 53.1 cm³/mol. The van der Waals surface area contributed by atoms with Crippen LogP contribution < -0.4 is 0 Å². The molecule has 3 heteroatoms. The van der Waals surface area contributed by atoms with Gasteiger partial charge in [0, 0.05) is 18.1 Å². The molecular formula is C11H9NO2. The van der Waals surface area contributed by atoms with Gasteiger partial charge in [-0.3, -0.25) is 0 Å². The first kappa shape index (κ1) is 8.56. The lowest BCUT2D eigenvalue weighted by atomic mass is 10.2. The topological polar surface area (TPSA) is 40.5 Å². The summed E-state index contributed by atoms with van der Waals surface area (Å²) in [5, 5.41) is 8.79. The SMILES string of the molecule is O=C(O)C1=CC=C2C=CC=CN2C=C1. The number of rotatable bonds is 1. The molecule has 70 valence electrons. The van der Waals surface area contributed by atoms with Crippen LogP contribution in [0.3, 0.4) is 0 Å². The maximum absolute atomic E-state index is 10.7. The van der Waals surface area contributed by atoms with E-state index in [4.69, 9.17) is 5.11 Å². The van der Waals surface area contributed by atoms with Gasteiger partial charge in [-0.15, -0.1) is 0 Å². The normalized spacial score (nSPS) is 18.4. The van der Waals surface area contributed by atoms with Crippen molar-refractivity contribution in [2.75, 3.05) is 0 Å². The Morgan fingerprint density at radius 3 is 2.79 bits per heavy atom. The van der Waals surface area contributed by atoms with Gasteiger partial charge in [0.25, 0.3) is 0 Å². The highest BCUT2D eigenvalue weighted by molar-refractivity contribution is 5.90. The molecule has 0 unspecified atom stereocenters. The minimum Gasteiger partial charge on any atom is -0.478 e. The van der Waals surface area contributed by atoms with Crippen LogP contribution in [-0.2, 0) is 4.79 Å². The van der Waals surface area contributed by atoms with E-state index in [1.54, 1.807) is 24.4 Å². The van der Waals surface area contributed by atoms with E-state index in [0.29, 0.717) is 0 Å². The molecule has 14 heavy (non-hydrogen) atoms. The third-order valence-corrected chi connectivity index (χ3v) is 2.02. The highest BCUT2D eigenvalue weighted by atomic mass is 16.4. The highest BCUT2D eigenvalue weighted by Crippen LogP contribution is 2.17. The van der Waals surface area contributed by atoms with Crippen LogP contribution in [0.2, 0.25) is 0 Å². The van der Waals surface area contributed by atoms with Crippen molar-refractivity contribution in [3.05, 3.63) is 60.1 Å². The molecule has 2 aliphatic rings. The Hall–Kier alpha value is -2.03. The van der Waals surface area contributed by atoms with E-state index in [9.17, 15) is 4.79 Å². The largest absolute Gasteiger partial charge is 0.478 e. The third-order valence-electron chi connectivity index (χ3n) is 2.02. The molecule has 0 aliphatic carbocycles. The van der Waals surface area contributed by atoms with E-state index in [0.717, 1.165) is 5.70 Å². The van der Waals surface area contributed by atoms with Gasteiger partial charge >= 0.3 is 5.97 Å². The van der Waals surface area contributed by atoms with E-state index in [1.165, 1.54) is 0 Å². The fourth-order valence-electron chi connectivity index (χ4n) is 1.28. The van der Waals surface area contributed by atoms with Crippen molar-refractivity contribution in [2.45, 2.75) is 0 Å². The van der Waals surface area contributed by atoms with E-state index in [1.807, 2.05) is 29.3 Å². The Bertz CT molecular complexity index is 411. The lowest BCUT2D eigenvalue weighted by Crippen LogP contribution is -2.08. The maximum atomic E-state index is 10.7. The van der Waals surface area contributed by atoms with Gasteiger partial charge in [0.15, 0.2) is 0 Å². The first-order valence-corrected chi connectivity index (χ1v) is 4.24. The fourth-order valence-corrected chi connectivity index (χ4v) is 1.28. The molecule has 2 heterocycles. The summed E-state index contributed by atoms with van der Waals surface area (Å²) in [5.41, 5.74) is 1.24. The number of carboxylic acids is 1. The van der Waals surface area contributed by atoms with Crippen LogP contribution in [-0.4, -0.2) is 16.0 Å². The van der Waals surface area contributed by atoms with Crippen LogP contribution >= 0.6 is 0 Å². The zero-order valence-corrected chi connectivity index (χ0v) is 7.42. The van der Waals surface area contributed by atoms with Crippen LogP contribution in [0.25, 0.3) is 0 Å². The van der Waals surface area contributed by atoms with E-state index < -0.39 is 5.97 Å². The molecule has 0 fully saturated rings. The summed E-state index contributed by atoms with van der Waals surface area (Å²) in [6, 6.07) is 0. The Morgan fingerprint density at radius 1 is 1.14 bits per heavy atom. The average Bonchev–Trinajstić information content (AvgIpc) is 2.39. The van der Waals surface area contributed by atoms with Gasteiger partial charge in [-0.25, -0.2) is 4.79 Å². The quantitative estimate of drug-likeness (QED) is 0.680. The fraction of sp³-hybridized carbons (Fsp3) is 0. The van der Waals surface area contributed by atoms with E-state index >= 15 is 0 Å². The van der Waals surface area contributed by atoms with Crippen LogP contribution in [0, 0.1) is 0 Å². The van der Waals surface area contributed by atoms with Crippen molar-refractivity contribution in [3.63, 3.8) is 0 Å². The number of fused-ring (bicyclic) bond motifs is 1. The molecule has 0 aromatic carbocycles. The molecule has 2 rings (SSSR count). The summed E-state index contributed by atoms with van der Waals surface area (Å²) >= 11 is 0. The summed E-state index contributed by atoms with van der Waals surface area (Å²) < 4.78 is 0. The lowest BCUT2D eigenvalue weighted by molar-refractivity contribution is -0.132. The third kappa shape index (κ3) is 1.52. The number of carboxylic acid groups (broad SMARTS) is 1. The van der Waals surface area contributed by atoms with Crippen LogP contribution in [0.5, 0.6) is 0 Å². The summed E-state index contributed by atoms with van der Waals surface area (Å²) in [4.78, 5) is 12.6. The molecule has 0 bridgehead atoms.